The van der Waals surface area contributed by atoms with Crippen molar-refractivity contribution >= 4 is 16.0 Å². The molecule has 0 spiro atoms. The fourth-order valence-electron chi connectivity index (χ4n) is 1.24. The first-order chi connectivity index (χ1) is 8.44. The number of nitrogens with one attached hydrogen (secondary N) is 1. The average Bonchev–Trinajstić information content (AvgIpc) is 2.35. The Kier molecular flexibility index (Phi) is 5.11. The number of carbonyl (C=O) groups is 1. The van der Waals surface area contributed by atoms with Crippen LogP contribution in [0.3, 0.4) is 0 Å². The Morgan fingerprint density at radius 2 is 2.06 bits per heavy atom. The summed E-state index contributed by atoms with van der Waals surface area (Å²) in [5.74, 6) is -0.899. The minimum atomic E-state index is -3.56. The maximum Gasteiger partial charge on any atom is 0.306 e. The van der Waals surface area contributed by atoms with E-state index in [0.717, 1.165) is 0 Å². The number of ether oxygens (including phenoxy) is 1. The molecule has 0 atom stereocenters. The first-order valence-corrected chi connectivity index (χ1v) is 6.91. The number of hydrogen-bond acceptors (Lipinski definition) is 5. The van der Waals surface area contributed by atoms with E-state index in [-0.39, 0.29) is 24.5 Å². The van der Waals surface area contributed by atoms with Crippen molar-refractivity contribution in [3.05, 3.63) is 29.8 Å². The molecule has 7 heteroatoms. The second-order valence-electron chi connectivity index (χ2n) is 3.59. The van der Waals surface area contributed by atoms with Gasteiger partial charge in [-0.1, -0.05) is 18.2 Å². The summed E-state index contributed by atoms with van der Waals surface area (Å²) in [5.41, 5.74) is 0.471. The van der Waals surface area contributed by atoms with Crippen molar-refractivity contribution in [1.82, 2.24) is 4.72 Å². The molecular formula is C11H15NO5S. The van der Waals surface area contributed by atoms with Crippen LogP contribution in [-0.2, 0) is 26.1 Å². The molecule has 0 aliphatic heterocycles. The normalized spacial score (nSPS) is 11.2. The zero-order valence-corrected chi connectivity index (χ0v) is 10.7. The van der Waals surface area contributed by atoms with Crippen molar-refractivity contribution in [3.8, 4) is 5.75 Å². The zero-order chi connectivity index (χ0) is 13.6. The lowest BCUT2D eigenvalue weighted by Gasteiger charge is -2.07. The van der Waals surface area contributed by atoms with Gasteiger partial charge in [0.05, 0.1) is 19.3 Å². The minimum absolute atomic E-state index is 0.0177. The summed E-state index contributed by atoms with van der Waals surface area (Å²) in [5, 5.41) is 9.45. The first-order valence-electron chi connectivity index (χ1n) is 5.25. The van der Waals surface area contributed by atoms with E-state index in [1.165, 1.54) is 13.2 Å². The second-order valence-corrected chi connectivity index (χ2v) is 5.52. The summed E-state index contributed by atoms with van der Waals surface area (Å²) < 4.78 is 29.7. The molecule has 0 aliphatic rings. The molecule has 0 saturated carbocycles. The van der Waals surface area contributed by atoms with Crippen molar-refractivity contribution in [2.45, 2.75) is 13.0 Å². The SMILES string of the molecule is COC(=O)CCS(=O)(=O)NCc1ccccc1O. The van der Waals surface area contributed by atoms with Gasteiger partial charge in [0.15, 0.2) is 0 Å². The molecule has 1 aromatic carbocycles. The van der Waals surface area contributed by atoms with E-state index in [2.05, 4.69) is 9.46 Å². The van der Waals surface area contributed by atoms with Gasteiger partial charge in [0.1, 0.15) is 5.75 Å². The third-order valence-corrected chi connectivity index (χ3v) is 3.60. The molecule has 0 fully saturated rings. The quantitative estimate of drug-likeness (QED) is 0.731. The molecule has 0 bridgehead atoms. The van der Waals surface area contributed by atoms with E-state index in [1.807, 2.05) is 0 Å². The molecular weight excluding hydrogens is 258 g/mol. The maximum atomic E-state index is 11.5. The Balaban J connectivity index is 2.52. The van der Waals surface area contributed by atoms with Crippen molar-refractivity contribution in [2.24, 2.45) is 0 Å². The summed E-state index contributed by atoms with van der Waals surface area (Å²) in [6.07, 6.45) is -0.202. The van der Waals surface area contributed by atoms with Crippen LogP contribution in [0.4, 0.5) is 0 Å². The highest BCUT2D eigenvalue weighted by Crippen LogP contribution is 2.15. The molecule has 100 valence electrons. The van der Waals surface area contributed by atoms with Crippen LogP contribution < -0.4 is 4.72 Å². The summed E-state index contributed by atoms with van der Waals surface area (Å²) >= 11 is 0. The van der Waals surface area contributed by atoms with E-state index < -0.39 is 16.0 Å². The number of sulfonamides is 1. The number of benzene rings is 1. The Morgan fingerprint density at radius 3 is 2.67 bits per heavy atom. The van der Waals surface area contributed by atoms with Crippen molar-refractivity contribution in [3.63, 3.8) is 0 Å². The van der Waals surface area contributed by atoms with Crippen LogP contribution in [0.1, 0.15) is 12.0 Å². The average molecular weight is 273 g/mol. The molecule has 0 heterocycles. The Bertz CT molecular complexity index is 512. The summed E-state index contributed by atoms with van der Waals surface area (Å²) in [7, 11) is -2.36. The predicted octanol–water partition coefficient (Wildman–Crippen LogP) is 0.375. The van der Waals surface area contributed by atoms with Gasteiger partial charge >= 0.3 is 5.97 Å². The van der Waals surface area contributed by atoms with Gasteiger partial charge in [0, 0.05) is 12.1 Å². The lowest BCUT2D eigenvalue weighted by Crippen LogP contribution is -2.27. The first kappa shape index (κ1) is 14.5. The van der Waals surface area contributed by atoms with Gasteiger partial charge in [0.2, 0.25) is 10.0 Å². The number of hydrogen-bond donors (Lipinski definition) is 2. The highest BCUT2D eigenvalue weighted by molar-refractivity contribution is 7.89. The molecule has 0 aliphatic carbocycles. The van der Waals surface area contributed by atoms with Crippen LogP contribution in [0, 0.1) is 0 Å². The minimum Gasteiger partial charge on any atom is -0.508 e. The maximum absolute atomic E-state index is 11.5. The van der Waals surface area contributed by atoms with Crippen LogP contribution in [0.2, 0.25) is 0 Å². The fourth-order valence-corrected chi connectivity index (χ4v) is 2.20. The van der Waals surface area contributed by atoms with Crippen molar-refractivity contribution < 1.29 is 23.1 Å². The number of methoxy groups -OCH3 is 1. The van der Waals surface area contributed by atoms with Crippen LogP contribution >= 0.6 is 0 Å². The highest BCUT2D eigenvalue weighted by atomic mass is 32.2. The zero-order valence-electron chi connectivity index (χ0n) is 9.92. The van der Waals surface area contributed by atoms with Gasteiger partial charge in [-0.3, -0.25) is 4.79 Å². The van der Waals surface area contributed by atoms with Gasteiger partial charge in [-0.15, -0.1) is 0 Å². The smallest absolute Gasteiger partial charge is 0.306 e. The standard InChI is InChI=1S/C11H15NO5S/c1-17-11(14)6-7-18(15,16)12-8-9-4-2-3-5-10(9)13/h2-5,12-13H,6-8H2,1H3. The molecule has 0 aromatic heterocycles. The highest BCUT2D eigenvalue weighted by Gasteiger charge is 2.13. The number of para-hydroxylation sites is 1. The third-order valence-electron chi connectivity index (χ3n) is 2.28. The van der Waals surface area contributed by atoms with E-state index in [1.54, 1.807) is 18.2 Å². The fraction of sp³-hybridized carbons (Fsp3) is 0.364. The molecule has 0 saturated heterocycles. The topological polar surface area (TPSA) is 92.7 Å². The molecule has 6 nitrogen and oxygen atoms in total. The predicted molar refractivity (Wildman–Crippen MR) is 65.4 cm³/mol. The summed E-state index contributed by atoms with van der Waals surface area (Å²) in [6, 6.07) is 6.42. The molecule has 2 N–H and O–H groups in total. The van der Waals surface area contributed by atoms with Gasteiger partial charge in [-0.25, -0.2) is 13.1 Å². The lowest BCUT2D eigenvalue weighted by atomic mass is 10.2. The van der Waals surface area contributed by atoms with Crippen LogP contribution in [0.25, 0.3) is 0 Å². The Labute approximate surface area is 106 Å². The van der Waals surface area contributed by atoms with Crippen LogP contribution in [-0.4, -0.2) is 32.4 Å². The number of rotatable bonds is 6. The number of carbonyl (C=O) groups excluding carboxylic acids is 1. The lowest BCUT2D eigenvalue weighted by molar-refractivity contribution is -0.140. The largest absolute Gasteiger partial charge is 0.508 e. The molecule has 18 heavy (non-hydrogen) atoms. The molecule has 0 radical (unpaired) electrons. The monoisotopic (exact) mass is 273 g/mol. The molecule has 0 amide bonds. The molecule has 1 rings (SSSR count). The van der Waals surface area contributed by atoms with E-state index in [4.69, 9.17) is 0 Å². The van der Waals surface area contributed by atoms with Gasteiger partial charge in [-0.2, -0.15) is 0 Å². The summed E-state index contributed by atoms with van der Waals surface area (Å²) in [6.45, 7) is -0.0177. The van der Waals surface area contributed by atoms with Crippen molar-refractivity contribution in [1.29, 1.82) is 0 Å². The molecule has 1 aromatic rings. The third kappa shape index (κ3) is 4.72. The van der Waals surface area contributed by atoms with Gasteiger partial charge < -0.3 is 9.84 Å². The van der Waals surface area contributed by atoms with Gasteiger partial charge in [-0.05, 0) is 6.07 Å². The van der Waals surface area contributed by atoms with Crippen LogP contribution in [0.15, 0.2) is 24.3 Å². The second kappa shape index (κ2) is 6.36. The number of aromatic hydroxyl groups is 1. The van der Waals surface area contributed by atoms with E-state index in [0.29, 0.717) is 5.56 Å². The Hall–Kier alpha value is -1.60. The Morgan fingerprint density at radius 1 is 1.39 bits per heavy atom. The van der Waals surface area contributed by atoms with Crippen molar-refractivity contribution in [2.75, 3.05) is 12.9 Å². The van der Waals surface area contributed by atoms with E-state index >= 15 is 0 Å². The number of phenolic OH excluding ortho intramolecular Hbond substituents is 1. The summed E-state index contributed by atoms with van der Waals surface area (Å²) in [4.78, 5) is 10.8. The van der Waals surface area contributed by atoms with Gasteiger partial charge in [0.25, 0.3) is 0 Å². The number of phenols is 1. The van der Waals surface area contributed by atoms with E-state index in [9.17, 15) is 18.3 Å². The number of esters is 1. The molecule has 0 unspecified atom stereocenters. The van der Waals surface area contributed by atoms with Crippen LogP contribution in [0.5, 0.6) is 5.75 Å².